The van der Waals surface area contributed by atoms with E-state index in [4.69, 9.17) is 13.8 Å². The number of hydrogen-bond donors (Lipinski definition) is 1. The number of amides is 1. The second kappa shape index (κ2) is 10.4. The first-order valence-corrected chi connectivity index (χ1v) is 13.3. The summed E-state index contributed by atoms with van der Waals surface area (Å²) < 4.78 is 74.3. The van der Waals surface area contributed by atoms with Crippen molar-refractivity contribution in [3.63, 3.8) is 0 Å². The molecule has 2 aliphatic heterocycles. The Bertz CT molecular complexity index is 1380. The first kappa shape index (κ1) is 28.2. The molecule has 3 heterocycles. The Balaban J connectivity index is 1.58. The predicted octanol–water partition coefficient (Wildman–Crippen LogP) is 4.89. The number of ether oxygens (including phenoxy) is 1. The molecule has 0 aliphatic carbocycles. The number of aromatic nitrogens is 1. The van der Waals surface area contributed by atoms with E-state index in [1.54, 1.807) is 20.8 Å². The van der Waals surface area contributed by atoms with Crippen molar-refractivity contribution < 1.29 is 46.0 Å². The van der Waals surface area contributed by atoms with Crippen LogP contribution in [0.15, 0.2) is 47.5 Å². The van der Waals surface area contributed by atoms with E-state index < -0.39 is 67.3 Å². The van der Waals surface area contributed by atoms with Gasteiger partial charge in [-0.1, -0.05) is 32.5 Å². The van der Waals surface area contributed by atoms with Crippen molar-refractivity contribution in [3.05, 3.63) is 60.5 Å². The summed E-state index contributed by atoms with van der Waals surface area (Å²) in [5.74, 6) is -4.61. The third kappa shape index (κ3) is 5.81. The van der Waals surface area contributed by atoms with E-state index in [0.717, 1.165) is 28.1 Å². The minimum absolute atomic E-state index is 0.00657. The summed E-state index contributed by atoms with van der Waals surface area (Å²) in [6, 6.07) is 1.91. The maximum atomic E-state index is 15.1. The molecular weight excluding hydrogens is 544 g/mol. The van der Waals surface area contributed by atoms with Crippen molar-refractivity contribution in [2.75, 3.05) is 34.1 Å². The zero-order chi connectivity index (χ0) is 28.7. The van der Waals surface area contributed by atoms with E-state index in [-0.39, 0.29) is 30.3 Å². The average molecular weight is 570 g/mol. The van der Waals surface area contributed by atoms with Gasteiger partial charge in [0.15, 0.2) is 29.1 Å². The molecule has 1 saturated heterocycles. The SMILES string of the molecule is C=C(OP(=O)(O)N(CC1CN(c2cc(F)c(N3C=CC(=O)CC3)c(F)c2F)C(=O)O1)c1ccon1)C(C)(C)C. The molecule has 1 aromatic carbocycles. The molecule has 2 atom stereocenters. The largest absolute Gasteiger partial charge is 0.487 e. The third-order valence-corrected chi connectivity index (χ3v) is 7.48. The second-order valence-corrected chi connectivity index (χ2v) is 11.5. The van der Waals surface area contributed by atoms with E-state index in [1.165, 1.54) is 6.07 Å². The van der Waals surface area contributed by atoms with Gasteiger partial charge in [0.2, 0.25) is 0 Å². The standard InChI is InChI=1S/C24H26F3N4O7P/c1-14(24(2,3)4)38-39(34,35)31(19-7-10-36-28-19)13-16-12-30(23(33)37-16)18-11-17(25)22(21(27)20(18)26)29-8-5-15(32)6-9-29/h5,7-8,10-11,16H,1,6,9,12-13H2,2-4H3,(H,34,35). The van der Waals surface area contributed by atoms with E-state index in [0.29, 0.717) is 11.0 Å². The lowest BCUT2D eigenvalue weighted by Gasteiger charge is -2.31. The van der Waals surface area contributed by atoms with Gasteiger partial charge in [0.1, 0.15) is 23.8 Å². The maximum absolute atomic E-state index is 15.1. The quantitative estimate of drug-likeness (QED) is 0.266. The number of anilines is 3. The van der Waals surface area contributed by atoms with Crippen molar-refractivity contribution in [1.82, 2.24) is 5.16 Å². The molecule has 0 spiro atoms. The highest BCUT2D eigenvalue weighted by Crippen LogP contribution is 2.52. The predicted molar refractivity (Wildman–Crippen MR) is 133 cm³/mol. The zero-order valence-corrected chi connectivity index (χ0v) is 22.2. The molecule has 1 amide bonds. The Morgan fingerprint density at radius 1 is 1.31 bits per heavy atom. The summed E-state index contributed by atoms with van der Waals surface area (Å²) >= 11 is 0. The van der Waals surface area contributed by atoms with Crippen LogP contribution in [0, 0.1) is 22.9 Å². The first-order chi connectivity index (χ1) is 18.2. The van der Waals surface area contributed by atoms with Crippen molar-refractivity contribution in [2.24, 2.45) is 5.41 Å². The normalized spacial score (nSPS) is 19.2. The Labute approximate surface area is 221 Å². The highest BCUT2D eigenvalue weighted by atomic mass is 31.2. The number of cyclic esters (lactones) is 1. The molecule has 39 heavy (non-hydrogen) atoms. The Hall–Kier alpha value is -3.77. The lowest BCUT2D eigenvalue weighted by Crippen LogP contribution is -2.34. The topological polar surface area (TPSA) is 126 Å². The molecule has 2 aliphatic rings. The van der Waals surface area contributed by atoms with Crippen LogP contribution in [-0.2, 0) is 18.6 Å². The number of benzene rings is 1. The highest BCUT2D eigenvalue weighted by molar-refractivity contribution is 7.54. The van der Waals surface area contributed by atoms with Crippen LogP contribution in [0.2, 0.25) is 0 Å². The van der Waals surface area contributed by atoms with Crippen molar-refractivity contribution >= 4 is 36.8 Å². The van der Waals surface area contributed by atoms with Crippen LogP contribution < -0.4 is 14.5 Å². The van der Waals surface area contributed by atoms with E-state index >= 15 is 4.39 Å². The Morgan fingerprint density at radius 2 is 2.03 bits per heavy atom. The number of nitrogens with zero attached hydrogens (tertiary/aromatic N) is 4. The van der Waals surface area contributed by atoms with Gasteiger partial charge >= 0.3 is 13.8 Å². The van der Waals surface area contributed by atoms with Gasteiger partial charge in [-0.05, 0) is 6.08 Å². The average Bonchev–Trinajstić information content (AvgIpc) is 3.50. The summed E-state index contributed by atoms with van der Waals surface area (Å²) in [4.78, 5) is 36.5. The Kier molecular flexibility index (Phi) is 7.55. The number of allylic oxidation sites excluding steroid dienone is 2. The number of carbonyl (C=O) groups is 2. The molecule has 210 valence electrons. The number of halogens is 3. The lowest BCUT2D eigenvalue weighted by molar-refractivity contribution is -0.114. The summed E-state index contributed by atoms with van der Waals surface area (Å²) in [5, 5.41) is 3.65. The minimum atomic E-state index is -4.69. The lowest BCUT2D eigenvalue weighted by atomic mass is 9.95. The maximum Gasteiger partial charge on any atom is 0.487 e. The van der Waals surface area contributed by atoms with Crippen LogP contribution in [0.5, 0.6) is 0 Å². The summed E-state index contributed by atoms with van der Waals surface area (Å²) in [7, 11) is -4.69. The molecule has 0 saturated carbocycles. The summed E-state index contributed by atoms with van der Waals surface area (Å²) in [5.41, 5.74) is -2.13. The molecule has 2 unspecified atom stereocenters. The van der Waals surface area contributed by atoms with Crippen LogP contribution in [-0.4, -0.2) is 47.7 Å². The van der Waals surface area contributed by atoms with Gasteiger partial charge in [0, 0.05) is 36.7 Å². The van der Waals surface area contributed by atoms with Crippen molar-refractivity contribution in [2.45, 2.75) is 33.3 Å². The van der Waals surface area contributed by atoms with Crippen molar-refractivity contribution in [3.8, 4) is 0 Å². The summed E-state index contributed by atoms with van der Waals surface area (Å²) in [6.45, 7) is 7.87. The van der Waals surface area contributed by atoms with E-state index in [9.17, 15) is 27.8 Å². The molecule has 1 aromatic heterocycles. The molecular formula is C24H26F3N4O7P. The molecule has 2 aromatic rings. The van der Waals surface area contributed by atoms with Crippen molar-refractivity contribution in [1.29, 1.82) is 0 Å². The van der Waals surface area contributed by atoms with Crippen LogP contribution in [0.3, 0.4) is 0 Å². The molecule has 4 rings (SSSR count). The number of rotatable bonds is 8. The fraction of sp³-hybridized carbons (Fsp3) is 0.375. The molecule has 15 heteroatoms. The Morgan fingerprint density at radius 3 is 2.62 bits per heavy atom. The zero-order valence-electron chi connectivity index (χ0n) is 21.3. The van der Waals surface area contributed by atoms with E-state index in [1.807, 2.05) is 0 Å². The van der Waals surface area contributed by atoms with Crippen LogP contribution in [0.25, 0.3) is 0 Å². The smallest absolute Gasteiger partial charge is 0.442 e. The summed E-state index contributed by atoms with van der Waals surface area (Å²) in [6.07, 6.45) is 1.09. The van der Waals surface area contributed by atoms with Gasteiger partial charge in [-0.25, -0.2) is 27.2 Å². The van der Waals surface area contributed by atoms with Gasteiger partial charge < -0.3 is 18.7 Å². The highest BCUT2D eigenvalue weighted by Gasteiger charge is 2.42. The minimum Gasteiger partial charge on any atom is -0.442 e. The third-order valence-electron chi connectivity index (χ3n) is 6.04. The van der Waals surface area contributed by atoms with Gasteiger partial charge in [0.25, 0.3) is 0 Å². The van der Waals surface area contributed by atoms with Gasteiger partial charge in [-0.15, -0.1) is 0 Å². The molecule has 0 bridgehead atoms. The fourth-order valence-corrected chi connectivity index (χ4v) is 5.19. The molecule has 11 nitrogen and oxygen atoms in total. The number of carbonyl (C=O) groups excluding carboxylic acids is 2. The molecule has 1 N–H and O–H groups in total. The number of ketones is 1. The molecule has 0 radical (unpaired) electrons. The van der Waals surface area contributed by atoms with Crippen LogP contribution in [0.1, 0.15) is 27.2 Å². The van der Waals surface area contributed by atoms with E-state index in [2.05, 4.69) is 11.7 Å². The molecule has 1 fully saturated rings. The van der Waals surface area contributed by atoms with Gasteiger partial charge in [0.05, 0.1) is 18.8 Å². The first-order valence-electron chi connectivity index (χ1n) is 11.7. The second-order valence-electron chi connectivity index (χ2n) is 9.89. The van der Waals surface area contributed by atoms with Gasteiger partial charge in [-0.3, -0.25) is 14.6 Å². The van der Waals surface area contributed by atoms with Crippen LogP contribution in [0.4, 0.5) is 35.2 Å². The van der Waals surface area contributed by atoms with Gasteiger partial charge in [-0.2, -0.15) is 0 Å². The monoisotopic (exact) mass is 570 g/mol. The van der Waals surface area contributed by atoms with Crippen LogP contribution >= 0.6 is 7.75 Å². The fourth-order valence-electron chi connectivity index (χ4n) is 3.78. The number of hydrogen-bond acceptors (Lipinski definition) is 8.